The fraction of sp³-hybridized carbons (Fsp3) is 0.632. The normalized spacial score (nSPS) is 19.3. The van der Waals surface area contributed by atoms with Crippen LogP contribution >= 0.6 is 35.7 Å². The number of carbonyl (C=O) groups is 1. The fourth-order valence-corrected chi connectivity index (χ4v) is 5.38. The quantitative estimate of drug-likeness (QED) is 0.286. The van der Waals surface area contributed by atoms with Gasteiger partial charge in [-0.2, -0.15) is 11.8 Å². The number of hydrogen-bond acceptors (Lipinski definition) is 4. The minimum Gasteiger partial charge on any atom is -0.354 e. The highest BCUT2D eigenvalue weighted by Crippen LogP contribution is 2.42. The van der Waals surface area contributed by atoms with Crippen LogP contribution in [0.3, 0.4) is 0 Å². The minimum atomic E-state index is -0.0922. The van der Waals surface area contributed by atoms with Crippen LogP contribution in [-0.4, -0.2) is 65.5 Å². The third kappa shape index (κ3) is 6.23. The predicted molar refractivity (Wildman–Crippen MR) is 123 cm³/mol. The fourth-order valence-electron chi connectivity index (χ4n) is 3.81. The summed E-state index contributed by atoms with van der Waals surface area (Å²) in [7, 11) is 1.84. The van der Waals surface area contributed by atoms with Gasteiger partial charge in [0.1, 0.15) is 0 Å². The van der Waals surface area contributed by atoms with Crippen LogP contribution in [0, 0.1) is 0 Å². The zero-order valence-corrected chi connectivity index (χ0v) is 19.1. The first kappa shape index (κ1) is 22.3. The van der Waals surface area contributed by atoms with E-state index in [0.29, 0.717) is 23.4 Å². The average Bonchev–Trinajstić information content (AvgIpc) is 2.69. The van der Waals surface area contributed by atoms with Crippen molar-refractivity contribution >= 4 is 47.6 Å². The summed E-state index contributed by atoms with van der Waals surface area (Å²) in [5, 5.41) is 6.32. The number of nitrogens with one attached hydrogen (secondary N) is 2. The molecule has 1 saturated carbocycles. The highest BCUT2D eigenvalue weighted by atomic mass is 127. The Bertz CT molecular complexity index is 616. The Morgan fingerprint density at radius 3 is 2.78 bits per heavy atom. The third-order valence-electron chi connectivity index (χ3n) is 5.14. The molecule has 1 aliphatic heterocycles. The number of amides is 1. The monoisotopic (exact) mass is 503 g/mol. The third-order valence-corrected chi connectivity index (χ3v) is 6.68. The molecule has 1 aromatic rings. The molecule has 2 N–H and O–H groups in total. The second-order valence-electron chi connectivity index (χ2n) is 6.99. The number of guanidine groups is 1. The van der Waals surface area contributed by atoms with Crippen molar-refractivity contribution in [3.05, 3.63) is 30.1 Å². The maximum atomic E-state index is 12.0. The summed E-state index contributed by atoms with van der Waals surface area (Å²) in [6.45, 7) is 3.34. The summed E-state index contributed by atoms with van der Waals surface area (Å²) >= 11 is 2.16. The number of aliphatic imine (C=N–C) groups is 1. The molecule has 8 heteroatoms. The van der Waals surface area contributed by atoms with Gasteiger partial charge in [-0.1, -0.05) is 19.3 Å². The molecule has 2 aliphatic rings. The number of carbonyl (C=O) groups excluding carboxylic acids is 1. The van der Waals surface area contributed by atoms with Gasteiger partial charge in [0.2, 0.25) is 0 Å². The highest BCUT2D eigenvalue weighted by Gasteiger charge is 2.38. The average molecular weight is 503 g/mol. The van der Waals surface area contributed by atoms with Gasteiger partial charge in [-0.05, 0) is 25.0 Å². The molecule has 1 saturated heterocycles. The molecule has 0 unspecified atom stereocenters. The van der Waals surface area contributed by atoms with E-state index >= 15 is 0 Å². The van der Waals surface area contributed by atoms with Crippen molar-refractivity contribution in [1.29, 1.82) is 0 Å². The van der Waals surface area contributed by atoms with Crippen molar-refractivity contribution < 1.29 is 4.79 Å². The van der Waals surface area contributed by atoms with Crippen molar-refractivity contribution in [3.8, 4) is 0 Å². The molecular formula is C19H30IN5OS. The molecule has 27 heavy (non-hydrogen) atoms. The van der Waals surface area contributed by atoms with Gasteiger partial charge in [-0.25, -0.2) is 0 Å². The molecule has 1 amide bonds. The van der Waals surface area contributed by atoms with Crippen LogP contribution in [0.5, 0.6) is 0 Å². The summed E-state index contributed by atoms with van der Waals surface area (Å²) in [6, 6.07) is 3.54. The van der Waals surface area contributed by atoms with Crippen LogP contribution in [0.15, 0.2) is 29.5 Å². The Labute approximate surface area is 183 Å². The van der Waals surface area contributed by atoms with Crippen molar-refractivity contribution in [1.82, 2.24) is 20.5 Å². The number of aromatic nitrogens is 1. The van der Waals surface area contributed by atoms with E-state index in [1.165, 1.54) is 37.9 Å². The zero-order chi connectivity index (χ0) is 18.2. The first-order valence-corrected chi connectivity index (χ1v) is 10.5. The van der Waals surface area contributed by atoms with Gasteiger partial charge >= 0.3 is 0 Å². The van der Waals surface area contributed by atoms with Crippen LogP contribution in [0.2, 0.25) is 0 Å². The molecule has 1 spiro atoms. The smallest absolute Gasteiger partial charge is 0.252 e. The molecule has 2 fully saturated rings. The van der Waals surface area contributed by atoms with Crippen molar-refractivity contribution in [2.45, 2.75) is 36.9 Å². The maximum Gasteiger partial charge on any atom is 0.252 e. The Balaban J connectivity index is 0.00000261. The zero-order valence-electron chi connectivity index (χ0n) is 15.9. The van der Waals surface area contributed by atoms with Crippen molar-refractivity contribution in [2.75, 3.05) is 39.0 Å². The number of thioether (sulfide) groups is 1. The summed E-state index contributed by atoms with van der Waals surface area (Å²) < 4.78 is 0.419. The molecule has 0 atom stereocenters. The lowest BCUT2D eigenvalue weighted by Gasteiger charge is -2.45. The summed E-state index contributed by atoms with van der Waals surface area (Å²) in [5.41, 5.74) is 0.587. The summed E-state index contributed by atoms with van der Waals surface area (Å²) in [6.07, 6.45) is 9.99. The summed E-state index contributed by atoms with van der Waals surface area (Å²) in [5.74, 6) is 2.02. The van der Waals surface area contributed by atoms with E-state index in [1.54, 1.807) is 24.5 Å². The second kappa shape index (κ2) is 11.1. The van der Waals surface area contributed by atoms with Crippen molar-refractivity contribution in [3.63, 3.8) is 0 Å². The van der Waals surface area contributed by atoms with Gasteiger partial charge in [0.25, 0.3) is 5.91 Å². The topological polar surface area (TPSA) is 69.6 Å². The van der Waals surface area contributed by atoms with E-state index in [-0.39, 0.29) is 29.9 Å². The predicted octanol–water partition coefficient (Wildman–Crippen LogP) is 2.76. The van der Waals surface area contributed by atoms with E-state index in [0.717, 1.165) is 19.0 Å². The van der Waals surface area contributed by atoms with Gasteiger partial charge in [0.15, 0.2) is 5.96 Å². The summed E-state index contributed by atoms with van der Waals surface area (Å²) in [4.78, 5) is 22.9. The second-order valence-corrected chi connectivity index (χ2v) is 8.55. The van der Waals surface area contributed by atoms with Gasteiger partial charge in [-0.3, -0.25) is 14.8 Å². The molecule has 0 bridgehead atoms. The first-order valence-electron chi connectivity index (χ1n) is 9.50. The minimum absolute atomic E-state index is 0. The van der Waals surface area contributed by atoms with Crippen LogP contribution in [0.1, 0.15) is 42.5 Å². The molecule has 1 aromatic heterocycles. The standard InChI is InChI=1S/C19H29N5OS.HI/c1-20-18(23-11-10-22-17(25)16-6-5-9-21-14-16)24-12-13-26-19(15-24)7-3-2-4-8-19;/h5-6,9,14H,2-4,7-8,10-13,15H2,1H3,(H,20,23)(H,22,25);1H. The lowest BCUT2D eigenvalue weighted by atomic mass is 9.87. The van der Waals surface area contributed by atoms with Gasteiger partial charge in [-0.15, -0.1) is 24.0 Å². The Morgan fingerprint density at radius 1 is 1.30 bits per heavy atom. The number of rotatable bonds is 4. The molecule has 3 rings (SSSR count). The number of nitrogens with zero attached hydrogens (tertiary/aromatic N) is 3. The Hall–Kier alpha value is -1.03. The molecule has 2 heterocycles. The van der Waals surface area contributed by atoms with Crippen LogP contribution < -0.4 is 10.6 Å². The van der Waals surface area contributed by atoms with E-state index in [1.807, 2.05) is 7.05 Å². The highest BCUT2D eigenvalue weighted by molar-refractivity contribution is 14.0. The molecule has 6 nitrogen and oxygen atoms in total. The maximum absolute atomic E-state index is 12.0. The Morgan fingerprint density at radius 2 is 2.07 bits per heavy atom. The largest absolute Gasteiger partial charge is 0.354 e. The number of hydrogen-bond donors (Lipinski definition) is 2. The SMILES string of the molecule is CN=C(NCCNC(=O)c1cccnc1)N1CCSC2(CCCCC2)C1.I. The number of halogens is 1. The van der Waals surface area contributed by atoms with Crippen LogP contribution in [0.25, 0.3) is 0 Å². The van der Waals surface area contributed by atoms with E-state index < -0.39 is 0 Å². The Kier molecular flexibility index (Phi) is 9.14. The van der Waals surface area contributed by atoms with E-state index in [2.05, 4.69) is 37.3 Å². The molecule has 1 aliphatic carbocycles. The lowest BCUT2D eigenvalue weighted by molar-refractivity contribution is 0.0954. The van der Waals surface area contributed by atoms with Crippen LogP contribution in [0.4, 0.5) is 0 Å². The molecule has 0 aromatic carbocycles. The van der Waals surface area contributed by atoms with E-state index in [9.17, 15) is 4.79 Å². The van der Waals surface area contributed by atoms with Crippen LogP contribution in [-0.2, 0) is 0 Å². The molecular weight excluding hydrogens is 473 g/mol. The van der Waals surface area contributed by atoms with E-state index in [4.69, 9.17) is 0 Å². The van der Waals surface area contributed by atoms with Gasteiger partial charge in [0.05, 0.1) is 5.56 Å². The van der Waals surface area contributed by atoms with Gasteiger partial charge in [0, 0.05) is 56.1 Å². The van der Waals surface area contributed by atoms with Gasteiger partial charge < -0.3 is 15.5 Å². The molecule has 0 radical (unpaired) electrons. The number of pyridine rings is 1. The first-order chi connectivity index (χ1) is 12.7. The molecule has 150 valence electrons. The van der Waals surface area contributed by atoms with Crippen molar-refractivity contribution in [2.24, 2.45) is 4.99 Å². The lowest BCUT2D eigenvalue weighted by Crippen LogP contribution is -2.54.